The Balaban J connectivity index is 1.88. The van der Waals surface area contributed by atoms with Gasteiger partial charge in [-0.25, -0.2) is 4.98 Å². The average Bonchev–Trinajstić information content (AvgIpc) is 2.91. The highest BCUT2D eigenvalue weighted by atomic mass is 35.5. The topological polar surface area (TPSA) is 57.8 Å². The molecule has 0 unspecified atom stereocenters. The highest BCUT2D eigenvalue weighted by molar-refractivity contribution is 6.34. The van der Waals surface area contributed by atoms with E-state index < -0.39 is 0 Å². The summed E-state index contributed by atoms with van der Waals surface area (Å²) in [5, 5.41) is 3.29. The number of hydrogen-bond donors (Lipinski definition) is 2. The summed E-state index contributed by atoms with van der Waals surface area (Å²) in [6.07, 6.45) is 0. The summed E-state index contributed by atoms with van der Waals surface area (Å²) in [5.74, 6) is 1.03. The molecule has 3 aromatic rings. The average molecular weight is 314 g/mol. The minimum absolute atomic E-state index is 0.228. The molecule has 0 aliphatic carbocycles. The lowest BCUT2D eigenvalue weighted by atomic mass is 10.2. The van der Waals surface area contributed by atoms with Gasteiger partial charge in [-0.05, 0) is 30.3 Å². The van der Waals surface area contributed by atoms with E-state index in [1.54, 1.807) is 24.3 Å². The van der Waals surface area contributed by atoms with E-state index in [4.69, 9.17) is 11.6 Å². The zero-order valence-electron chi connectivity index (χ0n) is 12.4. The number of hydrogen-bond acceptors (Lipinski definition) is 2. The highest BCUT2D eigenvalue weighted by Crippen LogP contribution is 2.22. The van der Waals surface area contributed by atoms with Crippen LogP contribution in [0.1, 0.15) is 35.9 Å². The molecule has 2 N–H and O–H groups in total. The zero-order valence-corrected chi connectivity index (χ0v) is 13.1. The van der Waals surface area contributed by atoms with Gasteiger partial charge in [0.05, 0.1) is 21.6 Å². The number of carbonyl (C=O) groups excluding carboxylic acids is 1. The molecule has 1 heterocycles. The van der Waals surface area contributed by atoms with Gasteiger partial charge in [-0.3, -0.25) is 4.79 Å². The van der Waals surface area contributed by atoms with Crippen molar-refractivity contribution in [3.63, 3.8) is 0 Å². The Morgan fingerprint density at radius 3 is 2.73 bits per heavy atom. The summed E-state index contributed by atoms with van der Waals surface area (Å²) in [4.78, 5) is 20.0. The first-order valence-electron chi connectivity index (χ1n) is 7.10. The number of benzene rings is 2. The van der Waals surface area contributed by atoms with Crippen LogP contribution in [0, 0.1) is 0 Å². The molecular weight excluding hydrogens is 298 g/mol. The van der Waals surface area contributed by atoms with Crippen LogP contribution in [0.4, 0.5) is 5.69 Å². The van der Waals surface area contributed by atoms with Crippen LogP contribution in [0.5, 0.6) is 0 Å². The molecule has 5 heteroatoms. The summed E-state index contributed by atoms with van der Waals surface area (Å²) in [6, 6.07) is 12.6. The third-order valence-electron chi connectivity index (χ3n) is 3.42. The van der Waals surface area contributed by atoms with Crippen LogP contribution < -0.4 is 5.32 Å². The molecule has 2 aromatic carbocycles. The van der Waals surface area contributed by atoms with Crippen LogP contribution in [0.2, 0.25) is 5.02 Å². The molecule has 22 heavy (non-hydrogen) atoms. The number of fused-ring (bicyclic) bond motifs is 1. The lowest BCUT2D eigenvalue weighted by Gasteiger charge is -2.06. The van der Waals surface area contributed by atoms with Gasteiger partial charge in [0.15, 0.2) is 0 Å². The fourth-order valence-electron chi connectivity index (χ4n) is 2.22. The van der Waals surface area contributed by atoms with Gasteiger partial charge in [-0.15, -0.1) is 0 Å². The Labute approximate surface area is 133 Å². The second kappa shape index (κ2) is 5.81. The molecule has 0 saturated heterocycles. The van der Waals surface area contributed by atoms with Crippen LogP contribution >= 0.6 is 11.6 Å². The van der Waals surface area contributed by atoms with Gasteiger partial charge in [0, 0.05) is 11.6 Å². The molecule has 0 spiro atoms. The monoisotopic (exact) mass is 313 g/mol. The summed E-state index contributed by atoms with van der Waals surface area (Å²) in [7, 11) is 0. The first kappa shape index (κ1) is 14.6. The number of aromatic amines is 1. The Hall–Kier alpha value is -2.33. The van der Waals surface area contributed by atoms with E-state index in [-0.39, 0.29) is 5.91 Å². The SMILES string of the molecule is CC(C)c1nc2ccc(NC(=O)c3ccccc3Cl)cc2[nH]1. The largest absolute Gasteiger partial charge is 0.342 e. The van der Waals surface area contributed by atoms with E-state index in [2.05, 4.69) is 29.1 Å². The molecule has 0 bridgehead atoms. The Kier molecular flexibility index (Phi) is 3.86. The predicted molar refractivity (Wildman–Crippen MR) is 89.6 cm³/mol. The normalized spacial score (nSPS) is 11.1. The Bertz CT molecular complexity index is 839. The molecule has 112 valence electrons. The second-order valence-corrected chi connectivity index (χ2v) is 5.85. The maximum atomic E-state index is 12.3. The van der Waals surface area contributed by atoms with Crippen molar-refractivity contribution in [3.05, 3.63) is 58.9 Å². The van der Waals surface area contributed by atoms with Gasteiger partial charge in [0.25, 0.3) is 5.91 Å². The van der Waals surface area contributed by atoms with Crippen LogP contribution in [-0.4, -0.2) is 15.9 Å². The van der Waals surface area contributed by atoms with Gasteiger partial charge in [-0.1, -0.05) is 37.6 Å². The number of anilines is 1. The quantitative estimate of drug-likeness (QED) is 0.743. The number of aromatic nitrogens is 2. The number of rotatable bonds is 3. The molecule has 0 radical (unpaired) electrons. The number of halogens is 1. The van der Waals surface area contributed by atoms with Crippen LogP contribution in [0.3, 0.4) is 0 Å². The van der Waals surface area contributed by atoms with E-state index in [1.165, 1.54) is 0 Å². The standard InChI is InChI=1S/C17H16ClN3O/c1-10(2)16-20-14-8-7-11(9-15(14)21-16)19-17(22)12-5-3-4-6-13(12)18/h3-10H,1-2H3,(H,19,22)(H,20,21). The van der Waals surface area contributed by atoms with E-state index in [9.17, 15) is 4.79 Å². The maximum absolute atomic E-state index is 12.3. The minimum Gasteiger partial charge on any atom is -0.342 e. The van der Waals surface area contributed by atoms with Gasteiger partial charge in [-0.2, -0.15) is 0 Å². The van der Waals surface area contributed by atoms with E-state index in [1.807, 2.05) is 18.2 Å². The predicted octanol–water partition coefficient (Wildman–Crippen LogP) is 4.59. The lowest BCUT2D eigenvalue weighted by molar-refractivity contribution is 0.102. The molecule has 1 amide bonds. The van der Waals surface area contributed by atoms with Crippen LogP contribution in [0.15, 0.2) is 42.5 Å². The van der Waals surface area contributed by atoms with Crippen molar-refractivity contribution in [1.82, 2.24) is 9.97 Å². The number of nitrogens with zero attached hydrogens (tertiary/aromatic N) is 1. The Morgan fingerprint density at radius 1 is 1.23 bits per heavy atom. The van der Waals surface area contributed by atoms with E-state index >= 15 is 0 Å². The first-order valence-corrected chi connectivity index (χ1v) is 7.48. The smallest absolute Gasteiger partial charge is 0.257 e. The fourth-order valence-corrected chi connectivity index (χ4v) is 2.45. The zero-order chi connectivity index (χ0) is 15.7. The third kappa shape index (κ3) is 2.83. The second-order valence-electron chi connectivity index (χ2n) is 5.44. The van der Waals surface area contributed by atoms with Crippen molar-refractivity contribution >= 4 is 34.2 Å². The lowest BCUT2D eigenvalue weighted by Crippen LogP contribution is -2.12. The molecule has 0 fully saturated rings. The van der Waals surface area contributed by atoms with Crippen molar-refractivity contribution in [2.45, 2.75) is 19.8 Å². The summed E-state index contributed by atoms with van der Waals surface area (Å²) in [6.45, 7) is 4.16. The molecule has 0 atom stereocenters. The summed E-state index contributed by atoms with van der Waals surface area (Å²) >= 11 is 6.04. The van der Waals surface area contributed by atoms with Gasteiger partial charge >= 0.3 is 0 Å². The number of H-pyrrole nitrogens is 1. The number of imidazole rings is 1. The molecule has 1 aromatic heterocycles. The molecule has 0 aliphatic heterocycles. The van der Waals surface area contributed by atoms with Gasteiger partial charge < -0.3 is 10.3 Å². The van der Waals surface area contributed by atoms with Gasteiger partial charge in [0.2, 0.25) is 0 Å². The fraction of sp³-hybridized carbons (Fsp3) is 0.176. The molecule has 0 aliphatic rings. The Morgan fingerprint density at radius 2 is 2.00 bits per heavy atom. The number of carbonyl (C=O) groups is 1. The maximum Gasteiger partial charge on any atom is 0.257 e. The molecule has 3 rings (SSSR count). The van der Waals surface area contributed by atoms with Crippen LogP contribution in [-0.2, 0) is 0 Å². The van der Waals surface area contributed by atoms with E-state index in [0.717, 1.165) is 16.9 Å². The van der Waals surface area contributed by atoms with Crippen molar-refractivity contribution in [1.29, 1.82) is 0 Å². The molecular formula is C17H16ClN3O. The van der Waals surface area contributed by atoms with Crippen molar-refractivity contribution in [2.24, 2.45) is 0 Å². The molecule has 4 nitrogen and oxygen atoms in total. The summed E-state index contributed by atoms with van der Waals surface area (Å²) in [5.41, 5.74) is 2.95. The minimum atomic E-state index is -0.228. The van der Waals surface area contributed by atoms with Crippen LogP contribution in [0.25, 0.3) is 11.0 Å². The van der Waals surface area contributed by atoms with E-state index in [0.29, 0.717) is 22.2 Å². The highest BCUT2D eigenvalue weighted by Gasteiger charge is 2.11. The van der Waals surface area contributed by atoms with Crippen molar-refractivity contribution in [3.8, 4) is 0 Å². The van der Waals surface area contributed by atoms with Crippen molar-refractivity contribution < 1.29 is 4.79 Å². The number of nitrogens with one attached hydrogen (secondary N) is 2. The third-order valence-corrected chi connectivity index (χ3v) is 3.75. The molecule has 0 saturated carbocycles. The first-order chi connectivity index (χ1) is 10.5. The number of amides is 1. The van der Waals surface area contributed by atoms with Gasteiger partial charge in [0.1, 0.15) is 5.82 Å². The van der Waals surface area contributed by atoms with Crippen molar-refractivity contribution in [2.75, 3.05) is 5.32 Å². The summed E-state index contributed by atoms with van der Waals surface area (Å²) < 4.78 is 0.